The molecule has 0 aliphatic rings. The maximum atomic E-state index is 6.27. The fourth-order valence-corrected chi connectivity index (χ4v) is 2.68. The molecule has 2 nitrogen and oxygen atoms in total. The zero-order chi connectivity index (χ0) is 14.7. The van der Waals surface area contributed by atoms with Gasteiger partial charge in [0.25, 0.3) is 0 Å². The SMILES string of the molecule is COc1cc(Br)ccc1C(N)Cc1ccc(Cl)c(Cl)c1. The van der Waals surface area contributed by atoms with E-state index in [2.05, 4.69) is 15.9 Å². The van der Waals surface area contributed by atoms with Crippen molar-refractivity contribution >= 4 is 39.1 Å². The van der Waals surface area contributed by atoms with E-state index < -0.39 is 0 Å². The van der Waals surface area contributed by atoms with E-state index in [-0.39, 0.29) is 6.04 Å². The smallest absolute Gasteiger partial charge is 0.124 e. The van der Waals surface area contributed by atoms with Crippen molar-refractivity contribution in [2.75, 3.05) is 7.11 Å². The molecule has 106 valence electrons. The summed E-state index contributed by atoms with van der Waals surface area (Å²) >= 11 is 15.3. The molecule has 0 heterocycles. The second-order valence-corrected chi connectivity index (χ2v) is 6.18. The molecule has 0 spiro atoms. The Bertz CT molecular complexity index is 619. The minimum absolute atomic E-state index is 0.171. The zero-order valence-corrected chi connectivity index (χ0v) is 14.0. The predicted molar refractivity (Wildman–Crippen MR) is 87.8 cm³/mol. The van der Waals surface area contributed by atoms with Crippen molar-refractivity contribution in [3.8, 4) is 5.75 Å². The third kappa shape index (κ3) is 3.67. The standard InChI is InChI=1S/C15H14BrCl2NO/c1-20-15-8-10(16)3-4-11(15)14(19)7-9-2-5-12(17)13(18)6-9/h2-6,8,14H,7,19H2,1H3. The summed E-state index contributed by atoms with van der Waals surface area (Å²) in [5.74, 6) is 0.770. The average Bonchev–Trinajstić information content (AvgIpc) is 2.42. The lowest BCUT2D eigenvalue weighted by atomic mass is 9.99. The highest BCUT2D eigenvalue weighted by atomic mass is 79.9. The highest BCUT2D eigenvalue weighted by Gasteiger charge is 2.13. The Hall–Kier alpha value is -0.740. The van der Waals surface area contributed by atoms with E-state index in [1.807, 2.05) is 30.3 Å². The molecule has 1 atom stereocenters. The molecule has 0 fully saturated rings. The summed E-state index contributed by atoms with van der Waals surface area (Å²) in [6, 6.07) is 11.2. The molecule has 0 radical (unpaired) electrons. The fraction of sp³-hybridized carbons (Fsp3) is 0.200. The van der Waals surface area contributed by atoms with Crippen LogP contribution in [0.3, 0.4) is 0 Å². The van der Waals surface area contributed by atoms with Gasteiger partial charge in [-0.1, -0.05) is 51.3 Å². The Morgan fingerprint density at radius 3 is 2.55 bits per heavy atom. The van der Waals surface area contributed by atoms with Gasteiger partial charge in [0.05, 0.1) is 17.2 Å². The highest BCUT2D eigenvalue weighted by Crippen LogP contribution is 2.30. The Morgan fingerprint density at radius 2 is 1.90 bits per heavy atom. The summed E-state index contributed by atoms with van der Waals surface area (Å²) < 4.78 is 6.33. The van der Waals surface area contributed by atoms with Crippen LogP contribution >= 0.6 is 39.1 Å². The Labute approximate surface area is 137 Å². The number of hydrogen-bond acceptors (Lipinski definition) is 2. The minimum atomic E-state index is -0.171. The van der Waals surface area contributed by atoms with Gasteiger partial charge in [0.2, 0.25) is 0 Å². The number of nitrogens with two attached hydrogens (primary N) is 1. The number of benzene rings is 2. The molecule has 1 unspecified atom stereocenters. The fourth-order valence-electron chi connectivity index (χ4n) is 2.02. The van der Waals surface area contributed by atoms with Crippen LogP contribution in [0.2, 0.25) is 10.0 Å². The first-order valence-electron chi connectivity index (χ1n) is 6.04. The molecular weight excluding hydrogens is 361 g/mol. The van der Waals surface area contributed by atoms with Gasteiger partial charge in [0, 0.05) is 16.1 Å². The largest absolute Gasteiger partial charge is 0.496 e. The Balaban J connectivity index is 2.23. The van der Waals surface area contributed by atoms with Crippen molar-refractivity contribution in [1.29, 1.82) is 0 Å². The number of methoxy groups -OCH3 is 1. The molecule has 20 heavy (non-hydrogen) atoms. The van der Waals surface area contributed by atoms with Crippen LogP contribution in [-0.2, 0) is 6.42 Å². The number of rotatable bonds is 4. The van der Waals surface area contributed by atoms with Crippen LogP contribution in [-0.4, -0.2) is 7.11 Å². The molecule has 2 aromatic carbocycles. The monoisotopic (exact) mass is 373 g/mol. The molecule has 2 rings (SSSR count). The van der Waals surface area contributed by atoms with Crippen LogP contribution in [0, 0.1) is 0 Å². The molecule has 0 bridgehead atoms. The maximum absolute atomic E-state index is 6.27. The molecule has 0 aliphatic carbocycles. The first-order valence-corrected chi connectivity index (χ1v) is 7.59. The first-order chi connectivity index (χ1) is 9.51. The van der Waals surface area contributed by atoms with Crippen LogP contribution in [0.5, 0.6) is 5.75 Å². The second kappa shape index (κ2) is 6.81. The molecule has 0 saturated carbocycles. The average molecular weight is 375 g/mol. The van der Waals surface area contributed by atoms with Crippen molar-refractivity contribution in [1.82, 2.24) is 0 Å². The topological polar surface area (TPSA) is 35.2 Å². The lowest BCUT2D eigenvalue weighted by Gasteiger charge is -2.16. The first kappa shape index (κ1) is 15.6. The van der Waals surface area contributed by atoms with Gasteiger partial charge >= 0.3 is 0 Å². The predicted octanol–water partition coefficient (Wildman–Crippen LogP) is 5.01. The highest BCUT2D eigenvalue weighted by molar-refractivity contribution is 9.10. The Kier molecular flexibility index (Phi) is 5.33. The van der Waals surface area contributed by atoms with Gasteiger partial charge in [-0.15, -0.1) is 0 Å². The Morgan fingerprint density at radius 1 is 1.15 bits per heavy atom. The van der Waals surface area contributed by atoms with Crippen LogP contribution in [0.15, 0.2) is 40.9 Å². The number of halogens is 3. The maximum Gasteiger partial charge on any atom is 0.124 e. The van der Waals surface area contributed by atoms with Gasteiger partial charge in [-0.05, 0) is 36.2 Å². The molecule has 2 aromatic rings. The summed E-state index contributed by atoms with van der Waals surface area (Å²) in [7, 11) is 1.64. The lowest BCUT2D eigenvalue weighted by molar-refractivity contribution is 0.405. The molecule has 0 aromatic heterocycles. The van der Waals surface area contributed by atoms with Gasteiger partial charge in [-0.3, -0.25) is 0 Å². The van der Waals surface area contributed by atoms with Crippen molar-refractivity contribution in [2.45, 2.75) is 12.5 Å². The van der Waals surface area contributed by atoms with E-state index in [1.165, 1.54) is 0 Å². The lowest BCUT2D eigenvalue weighted by Crippen LogP contribution is -2.14. The molecule has 0 aliphatic heterocycles. The van der Waals surface area contributed by atoms with E-state index >= 15 is 0 Å². The van der Waals surface area contributed by atoms with Crippen molar-refractivity contribution < 1.29 is 4.74 Å². The third-order valence-electron chi connectivity index (χ3n) is 3.03. The van der Waals surface area contributed by atoms with E-state index in [1.54, 1.807) is 13.2 Å². The van der Waals surface area contributed by atoms with E-state index in [0.29, 0.717) is 16.5 Å². The summed E-state index contributed by atoms with van der Waals surface area (Å²) in [4.78, 5) is 0. The molecule has 0 saturated heterocycles. The van der Waals surface area contributed by atoms with Crippen LogP contribution in [0.1, 0.15) is 17.2 Å². The summed E-state index contributed by atoms with van der Waals surface area (Å²) in [5.41, 5.74) is 8.27. The molecule has 0 amide bonds. The van der Waals surface area contributed by atoms with Gasteiger partial charge < -0.3 is 10.5 Å². The van der Waals surface area contributed by atoms with Crippen LogP contribution in [0.4, 0.5) is 0 Å². The van der Waals surface area contributed by atoms with Crippen molar-refractivity contribution in [3.05, 3.63) is 62.0 Å². The minimum Gasteiger partial charge on any atom is -0.496 e. The second-order valence-electron chi connectivity index (χ2n) is 4.45. The van der Waals surface area contributed by atoms with Gasteiger partial charge in [0.1, 0.15) is 5.75 Å². The molecule has 5 heteroatoms. The van der Waals surface area contributed by atoms with E-state index in [4.69, 9.17) is 33.7 Å². The summed E-state index contributed by atoms with van der Waals surface area (Å²) in [6.07, 6.45) is 0.662. The van der Waals surface area contributed by atoms with E-state index in [9.17, 15) is 0 Å². The quantitative estimate of drug-likeness (QED) is 0.816. The third-order valence-corrected chi connectivity index (χ3v) is 4.27. The van der Waals surface area contributed by atoms with Gasteiger partial charge in [-0.2, -0.15) is 0 Å². The zero-order valence-electron chi connectivity index (χ0n) is 10.9. The van der Waals surface area contributed by atoms with Gasteiger partial charge in [-0.25, -0.2) is 0 Å². The van der Waals surface area contributed by atoms with Crippen LogP contribution in [0.25, 0.3) is 0 Å². The molecular formula is C15H14BrCl2NO. The van der Waals surface area contributed by atoms with Crippen molar-refractivity contribution in [3.63, 3.8) is 0 Å². The summed E-state index contributed by atoms with van der Waals surface area (Å²) in [6.45, 7) is 0. The summed E-state index contributed by atoms with van der Waals surface area (Å²) in [5, 5.41) is 1.09. The number of hydrogen-bond donors (Lipinski definition) is 1. The number of ether oxygens (including phenoxy) is 1. The van der Waals surface area contributed by atoms with Crippen LogP contribution < -0.4 is 10.5 Å². The van der Waals surface area contributed by atoms with Crippen molar-refractivity contribution in [2.24, 2.45) is 5.73 Å². The normalized spacial score (nSPS) is 12.2. The van der Waals surface area contributed by atoms with Gasteiger partial charge in [0.15, 0.2) is 0 Å². The van der Waals surface area contributed by atoms with E-state index in [0.717, 1.165) is 21.3 Å². The molecule has 2 N–H and O–H groups in total.